The molecule has 0 bridgehead atoms. The molecule has 1 heterocycles. The van der Waals surface area contributed by atoms with Crippen LogP contribution in [0.15, 0.2) is 18.2 Å². The van der Waals surface area contributed by atoms with Crippen LogP contribution in [0.2, 0.25) is 5.02 Å². The van der Waals surface area contributed by atoms with Crippen LogP contribution >= 0.6 is 23.8 Å². The third-order valence-electron chi connectivity index (χ3n) is 2.72. The highest BCUT2D eigenvalue weighted by molar-refractivity contribution is 7.71. The fraction of sp³-hybridized carbons (Fsp3) is 0.333. The standard InChI is InChI=1S/C12H14ClN3OS/c1-7-6-9(13)4-5-10(7)17-8(2)11-14-15-12(18)16(11)3/h4-6,8H,1-3H3,(H,15,18)/t8-/m0/s1. The minimum atomic E-state index is -0.192. The Balaban J connectivity index is 2.24. The van der Waals surface area contributed by atoms with Crippen LogP contribution in [-0.2, 0) is 7.05 Å². The molecule has 0 unspecified atom stereocenters. The first kappa shape index (κ1) is 13.1. The van der Waals surface area contributed by atoms with Crippen molar-refractivity contribution in [3.63, 3.8) is 0 Å². The average molecular weight is 284 g/mol. The van der Waals surface area contributed by atoms with E-state index in [9.17, 15) is 0 Å². The molecule has 0 aliphatic heterocycles. The first-order chi connectivity index (χ1) is 8.49. The average Bonchev–Trinajstić information content (AvgIpc) is 2.64. The summed E-state index contributed by atoms with van der Waals surface area (Å²) in [6, 6.07) is 5.53. The number of ether oxygens (including phenoxy) is 1. The zero-order chi connectivity index (χ0) is 13.3. The topological polar surface area (TPSA) is 42.8 Å². The minimum absolute atomic E-state index is 0.192. The number of rotatable bonds is 3. The molecule has 0 fully saturated rings. The number of benzene rings is 1. The number of aromatic nitrogens is 3. The van der Waals surface area contributed by atoms with Crippen LogP contribution in [0.3, 0.4) is 0 Å². The summed E-state index contributed by atoms with van der Waals surface area (Å²) in [6.07, 6.45) is -0.192. The number of nitrogens with one attached hydrogen (secondary N) is 1. The third kappa shape index (κ3) is 2.57. The molecule has 0 aliphatic carbocycles. The van der Waals surface area contributed by atoms with Crippen molar-refractivity contribution in [2.24, 2.45) is 7.05 Å². The van der Waals surface area contributed by atoms with Gasteiger partial charge in [-0.05, 0) is 49.8 Å². The lowest BCUT2D eigenvalue weighted by Gasteiger charge is -2.15. The van der Waals surface area contributed by atoms with Gasteiger partial charge in [0, 0.05) is 12.1 Å². The van der Waals surface area contributed by atoms with Gasteiger partial charge in [0.05, 0.1) is 0 Å². The monoisotopic (exact) mass is 283 g/mol. The second-order valence-corrected chi connectivity index (χ2v) is 4.94. The summed E-state index contributed by atoms with van der Waals surface area (Å²) in [5.74, 6) is 1.55. The number of hydrogen-bond acceptors (Lipinski definition) is 3. The van der Waals surface area contributed by atoms with Crippen LogP contribution in [0.5, 0.6) is 5.75 Å². The number of aryl methyl sites for hydroxylation is 1. The number of halogens is 1. The van der Waals surface area contributed by atoms with Crippen molar-refractivity contribution >= 4 is 23.8 Å². The normalized spacial score (nSPS) is 12.4. The zero-order valence-corrected chi connectivity index (χ0v) is 12.0. The smallest absolute Gasteiger partial charge is 0.195 e. The van der Waals surface area contributed by atoms with Gasteiger partial charge < -0.3 is 9.30 Å². The van der Waals surface area contributed by atoms with Crippen LogP contribution in [0.4, 0.5) is 0 Å². The lowest BCUT2D eigenvalue weighted by atomic mass is 10.2. The van der Waals surface area contributed by atoms with Crippen molar-refractivity contribution < 1.29 is 4.74 Å². The summed E-state index contributed by atoms with van der Waals surface area (Å²) in [5, 5.41) is 7.60. The molecule has 0 radical (unpaired) electrons. The summed E-state index contributed by atoms with van der Waals surface area (Å²) < 4.78 is 8.25. The molecule has 6 heteroatoms. The Hall–Kier alpha value is -1.33. The maximum atomic E-state index is 5.91. The summed E-state index contributed by atoms with van der Waals surface area (Å²) in [6.45, 7) is 3.88. The summed E-state index contributed by atoms with van der Waals surface area (Å²) in [4.78, 5) is 0. The second-order valence-electron chi connectivity index (χ2n) is 4.12. The third-order valence-corrected chi connectivity index (χ3v) is 3.32. The number of hydrogen-bond donors (Lipinski definition) is 1. The largest absolute Gasteiger partial charge is 0.482 e. The Morgan fingerprint density at radius 3 is 2.78 bits per heavy atom. The van der Waals surface area contributed by atoms with Crippen molar-refractivity contribution in [1.29, 1.82) is 0 Å². The molecule has 1 N–H and O–H groups in total. The van der Waals surface area contributed by atoms with E-state index in [-0.39, 0.29) is 6.10 Å². The van der Waals surface area contributed by atoms with Gasteiger partial charge in [-0.1, -0.05) is 11.6 Å². The molecule has 0 saturated carbocycles. The minimum Gasteiger partial charge on any atom is -0.482 e. The van der Waals surface area contributed by atoms with Gasteiger partial charge in [0.1, 0.15) is 5.75 Å². The van der Waals surface area contributed by atoms with Gasteiger partial charge >= 0.3 is 0 Å². The lowest BCUT2D eigenvalue weighted by molar-refractivity contribution is 0.210. The van der Waals surface area contributed by atoms with Crippen LogP contribution in [0.25, 0.3) is 0 Å². The Bertz CT molecular complexity index is 620. The summed E-state index contributed by atoms with van der Waals surface area (Å²) in [7, 11) is 1.86. The molecule has 1 aromatic carbocycles. The molecular weight excluding hydrogens is 270 g/mol. The molecule has 2 aromatic rings. The molecule has 0 saturated heterocycles. The van der Waals surface area contributed by atoms with E-state index in [2.05, 4.69) is 10.2 Å². The maximum absolute atomic E-state index is 5.91. The predicted octanol–water partition coefficient (Wildman–Crippen LogP) is 3.58. The van der Waals surface area contributed by atoms with E-state index < -0.39 is 0 Å². The van der Waals surface area contributed by atoms with Crippen LogP contribution in [0.1, 0.15) is 24.4 Å². The maximum Gasteiger partial charge on any atom is 0.195 e. The van der Waals surface area contributed by atoms with Gasteiger partial charge in [-0.25, -0.2) is 0 Å². The first-order valence-corrected chi connectivity index (χ1v) is 6.31. The van der Waals surface area contributed by atoms with E-state index in [1.807, 2.05) is 33.0 Å². The van der Waals surface area contributed by atoms with Gasteiger partial charge in [-0.2, -0.15) is 5.10 Å². The van der Waals surface area contributed by atoms with Crippen LogP contribution in [-0.4, -0.2) is 14.8 Å². The highest BCUT2D eigenvalue weighted by Crippen LogP contribution is 2.26. The zero-order valence-electron chi connectivity index (χ0n) is 10.4. The SMILES string of the molecule is Cc1cc(Cl)ccc1O[C@@H](C)c1n[nH]c(=S)n1C. The summed E-state index contributed by atoms with van der Waals surface area (Å²) >= 11 is 11.0. The van der Waals surface area contributed by atoms with Gasteiger partial charge in [0.25, 0.3) is 0 Å². The van der Waals surface area contributed by atoms with E-state index in [0.29, 0.717) is 9.79 Å². The molecule has 0 aliphatic rings. The molecule has 2 rings (SSSR count). The molecular formula is C12H14ClN3OS. The van der Waals surface area contributed by atoms with Crippen molar-refractivity contribution in [2.75, 3.05) is 0 Å². The van der Waals surface area contributed by atoms with E-state index in [1.54, 1.807) is 10.6 Å². The fourth-order valence-corrected chi connectivity index (χ4v) is 2.08. The van der Waals surface area contributed by atoms with E-state index in [1.165, 1.54) is 0 Å². The van der Waals surface area contributed by atoms with E-state index in [0.717, 1.165) is 17.1 Å². The Kier molecular flexibility index (Phi) is 3.73. The van der Waals surface area contributed by atoms with Crippen LogP contribution in [0, 0.1) is 11.7 Å². The van der Waals surface area contributed by atoms with Crippen LogP contribution < -0.4 is 4.74 Å². The first-order valence-electron chi connectivity index (χ1n) is 5.53. The highest BCUT2D eigenvalue weighted by atomic mass is 35.5. The van der Waals surface area contributed by atoms with Crippen molar-refractivity contribution in [3.8, 4) is 5.75 Å². The molecule has 0 amide bonds. The highest BCUT2D eigenvalue weighted by Gasteiger charge is 2.14. The number of nitrogens with zero attached hydrogens (tertiary/aromatic N) is 2. The van der Waals surface area contributed by atoms with Crippen molar-refractivity contribution in [2.45, 2.75) is 20.0 Å². The molecule has 96 valence electrons. The molecule has 4 nitrogen and oxygen atoms in total. The van der Waals surface area contributed by atoms with Gasteiger partial charge in [0.2, 0.25) is 0 Å². The van der Waals surface area contributed by atoms with Gasteiger partial charge in [-0.15, -0.1) is 0 Å². The van der Waals surface area contributed by atoms with E-state index in [4.69, 9.17) is 28.6 Å². The lowest BCUT2D eigenvalue weighted by Crippen LogP contribution is -2.10. The number of H-pyrrole nitrogens is 1. The second kappa shape index (κ2) is 5.12. The Morgan fingerprint density at radius 1 is 1.50 bits per heavy atom. The Labute approximate surface area is 116 Å². The van der Waals surface area contributed by atoms with Gasteiger partial charge in [-0.3, -0.25) is 5.10 Å². The van der Waals surface area contributed by atoms with E-state index >= 15 is 0 Å². The number of aromatic amines is 1. The van der Waals surface area contributed by atoms with Crippen molar-refractivity contribution in [1.82, 2.24) is 14.8 Å². The molecule has 0 spiro atoms. The predicted molar refractivity (Wildman–Crippen MR) is 73.6 cm³/mol. The van der Waals surface area contributed by atoms with Crippen molar-refractivity contribution in [3.05, 3.63) is 39.4 Å². The molecule has 1 atom stereocenters. The summed E-state index contributed by atoms with van der Waals surface area (Å²) in [5.41, 5.74) is 0.992. The molecule has 18 heavy (non-hydrogen) atoms. The fourth-order valence-electron chi connectivity index (χ4n) is 1.71. The quantitative estimate of drug-likeness (QED) is 0.876. The Morgan fingerprint density at radius 2 is 2.22 bits per heavy atom. The molecule has 1 aromatic heterocycles. The van der Waals surface area contributed by atoms with Gasteiger partial charge in [0.15, 0.2) is 16.7 Å².